The zero-order valence-electron chi connectivity index (χ0n) is 22.2. The molecule has 0 N–H and O–H groups in total. The Kier molecular flexibility index (Phi) is 7.56. The highest BCUT2D eigenvalue weighted by Gasteiger charge is 2.36. The Balaban J connectivity index is 1.42. The molecule has 0 unspecified atom stereocenters. The first-order valence-corrected chi connectivity index (χ1v) is 12.5. The van der Waals surface area contributed by atoms with Crippen molar-refractivity contribution in [2.24, 2.45) is 5.16 Å². The van der Waals surface area contributed by atoms with Gasteiger partial charge in [-0.05, 0) is 68.2 Å². The van der Waals surface area contributed by atoms with Crippen LogP contribution in [0.25, 0.3) is 11.0 Å². The van der Waals surface area contributed by atoms with Crippen LogP contribution in [0.2, 0.25) is 0 Å². The van der Waals surface area contributed by atoms with Crippen molar-refractivity contribution in [2.45, 2.75) is 19.7 Å². The highest BCUT2D eigenvalue weighted by atomic mass is 19.1. The maximum absolute atomic E-state index is 14.2. The van der Waals surface area contributed by atoms with Crippen molar-refractivity contribution >= 4 is 34.3 Å². The molecule has 0 saturated heterocycles. The minimum Gasteiger partial charge on any atom is -0.465 e. The summed E-state index contributed by atoms with van der Waals surface area (Å²) < 4.78 is 34.9. The van der Waals surface area contributed by atoms with Gasteiger partial charge in [0.1, 0.15) is 24.1 Å². The fourth-order valence-corrected chi connectivity index (χ4v) is 4.51. The zero-order valence-corrected chi connectivity index (χ0v) is 22.2. The number of likely N-dealkylation sites (N-methyl/N-ethyl adjacent to an activating group) is 1. The predicted octanol–water partition coefficient (Wildman–Crippen LogP) is 4.13. The molecule has 0 atom stereocenters. The highest BCUT2D eigenvalue weighted by Crippen LogP contribution is 2.32. The number of amides is 1. The lowest BCUT2D eigenvalue weighted by Crippen LogP contribution is -2.31. The van der Waals surface area contributed by atoms with Crippen LogP contribution in [0.15, 0.2) is 65.8 Å². The third-order valence-corrected chi connectivity index (χ3v) is 6.57. The van der Waals surface area contributed by atoms with Gasteiger partial charge in [-0.15, -0.1) is 0 Å². The minimum absolute atomic E-state index is 0.0226. The second kappa shape index (κ2) is 11.2. The molecule has 0 spiro atoms. The summed E-state index contributed by atoms with van der Waals surface area (Å²) in [6, 6.07) is 15.0. The van der Waals surface area contributed by atoms with Gasteiger partial charge < -0.3 is 19.0 Å². The number of benzene rings is 3. The smallest absolute Gasteiger partial charge is 0.337 e. The van der Waals surface area contributed by atoms with Crippen LogP contribution in [0.5, 0.6) is 0 Å². The molecule has 9 nitrogen and oxygen atoms in total. The van der Waals surface area contributed by atoms with Crippen LogP contribution >= 0.6 is 0 Å². The van der Waals surface area contributed by atoms with Crippen LogP contribution in [0.4, 0.5) is 14.5 Å². The number of oxime groups is 1. The summed E-state index contributed by atoms with van der Waals surface area (Å²) in [5, 5.41) is 4.07. The van der Waals surface area contributed by atoms with E-state index in [0.29, 0.717) is 52.3 Å². The molecule has 3 aromatic carbocycles. The first kappa shape index (κ1) is 26.9. The van der Waals surface area contributed by atoms with Crippen molar-refractivity contribution in [3.8, 4) is 0 Å². The molecule has 0 aliphatic carbocycles. The number of aromatic nitrogens is 2. The van der Waals surface area contributed by atoms with E-state index in [1.54, 1.807) is 30.3 Å². The van der Waals surface area contributed by atoms with Gasteiger partial charge in [0.25, 0.3) is 5.91 Å². The van der Waals surface area contributed by atoms with Crippen molar-refractivity contribution in [1.29, 1.82) is 0 Å². The SMILES string of the molecule is COC(=O)c1ccc(CO/N=C2/C(=O)N(Cc3nc4ccc(F)cc4n3CCN(C)C)c3ccc(F)cc32)cc1. The number of rotatable bonds is 9. The zero-order chi connectivity index (χ0) is 28.4. The van der Waals surface area contributed by atoms with Gasteiger partial charge >= 0.3 is 5.97 Å². The van der Waals surface area contributed by atoms with Crippen LogP contribution in [0, 0.1) is 11.6 Å². The van der Waals surface area contributed by atoms with E-state index in [-0.39, 0.29) is 24.7 Å². The molecular formula is C29H27F2N5O4. The largest absolute Gasteiger partial charge is 0.465 e. The summed E-state index contributed by atoms with van der Waals surface area (Å²) in [6.45, 7) is 1.29. The standard InChI is InChI=1S/C29H27F2N5O4/c1-34(2)12-13-35-25-15-21(31)8-10-23(25)32-26(35)16-36-24-11-9-20(30)14-22(24)27(28(36)37)33-40-17-18-4-6-19(7-5-18)29(38)39-3/h4-11,14-15H,12-13,16-17H2,1-3H3/b33-27+. The molecule has 0 fully saturated rings. The van der Waals surface area contributed by atoms with E-state index < -0.39 is 17.7 Å². The summed E-state index contributed by atoms with van der Waals surface area (Å²) in [4.78, 5) is 38.8. The third-order valence-electron chi connectivity index (χ3n) is 6.57. The lowest BCUT2D eigenvalue weighted by molar-refractivity contribution is -0.112. The van der Waals surface area contributed by atoms with E-state index in [2.05, 4.69) is 10.1 Å². The summed E-state index contributed by atoms with van der Waals surface area (Å²) in [5.41, 5.74) is 3.06. The molecule has 206 valence electrons. The molecule has 1 aliphatic heterocycles. The fourth-order valence-electron chi connectivity index (χ4n) is 4.51. The molecule has 2 heterocycles. The summed E-state index contributed by atoms with van der Waals surface area (Å²) in [7, 11) is 5.17. The topological polar surface area (TPSA) is 89.3 Å². The number of hydrogen-bond donors (Lipinski definition) is 0. The Labute approximate surface area is 229 Å². The van der Waals surface area contributed by atoms with Crippen LogP contribution in [-0.4, -0.2) is 59.8 Å². The highest BCUT2D eigenvalue weighted by molar-refractivity contribution is 6.54. The Morgan fingerprint density at radius 1 is 1.02 bits per heavy atom. The van der Waals surface area contributed by atoms with E-state index in [9.17, 15) is 18.4 Å². The van der Waals surface area contributed by atoms with Crippen LogP contribution in [-0.2, 0) is 34.1 Å². The van der Waals surface area contributed by atoms with Gasteiger partial charge in [-0.2, -0.15) is 0 Å². The number of anilines is 1. The maximum Gasteiger partial charge on any atom is 0.337 e. The molecule has 0 radical (unpaired) electrons. The molecule has 0 saturated carbocycles. The Hall–Kier alpha value is -4.64. The number of esters is 1. The Bertz CT molecular complexity index is 1610. The molecule has 5 rings (SSSR count). The average Bonchev–Trinajstić information content (AvgIpc) is 3.40. The van der Waals surface area contributed by atoms with Gasteiger partial charge in [0, 0.05) is 18.7 Å². The molecule has 0 bridgehead atoms. The van der Waals surface area contributed by atoms with Gasteiger partial charge in [0.15, 0.2) is 5.71 Å². The van der Waals surface area contributed by atoms with Gasteiger partial charge in [-0.25, -0.2) is 18.6 Å². The van der Waals surface area contributed by atoms with E-state index >= 15 is 0 Å². The van der Waals surface area contributed by atoms with Crippen molar-refractivity contribution < 1.29 is 27.9 Å². The molecule has 40 heavy (non-hydrogen) atoms. The van der Waals surface area contributed by atoms with E-state index in [0.717, 1.165) is 0 Å². The molecule has 1 aromatic heterocycles. The van der Waals surface area contributed by atoms with Crippen molar-refractivity contribution in [1.82, 2.24) is 14.5 Å². The van der Waals surface area contributed by atoms with Gasteiger partial charge in [0.2, 0.25) is 0 Å². The van der Waals surface area contributed by atoms with Gasteiger partial charge in [-0.3, -0.25) is 9.69 Å². The summed E-state index contributed by atoms with van der Waals surface area (Å²) in [6.07, 6.45) is 0. The van der Waals surface area contributed by atoms with E-state index in [1.165, 1.54) is 42.3 Å². The third kappa shape index (κ3) is 5.41. The lowest BCUT2D eigenvalue weighted by atomic mass is 10.1. The number of fused-ring (bicyclic) bond motifs is 2. The predicted molar refractivity (Wildman–Crippen MR) is 145 cm³/mol. The quantitative estimate of drug-likeness (QED) is 0.231. The number of nitrogens with zero attached hydrogens (tertiary/aromatic N) is 5. The summed E-state index contributed by atoms with van der Waals surface area (Å²) in [5.74, 6) is -1.27. The molecule has 11 heteroatoms. The first-order valence-electron chi connectivity index (χ1n) is 12.5. The number of carbonyl (C=O) groups excluding carboxylic acids is 2. The molecule has 1 amide bonds. The van der Waals surface area contributed by atoms with Crippen LogP contribution in [0.1, 0.15) is 27.3 Å². The monoisotopic (exact) mass is 547 g/mol. The Morgan fingerprint density at radius 3 is 2.48 bits per heavy atom. The molecular weight excluding hydrogens is 520 g/mol. The first-order chi connectivity index (χ1) is 19.2. The number of ether oxygens (including phenoxy) is 1. The van der Waals surface area contributed by atoms with Crippen molar-refractivity contribution in [3.63, 3.8) is 0 Å². The molecule has 1 aliphatic rings. The minimum atomic E-state index is -0.520. The van der Waals surface area contributed by atoms with Crippen LogP contribution in [0.3, 0.4) is 0 Å². The fraction of sp³-hybridized carbons (Fsp3) is 0.241. The van der Waals surface area contributed by atoms with Gasteiger partial charge in [-0.1, -0.05) is 17.3 Å². The van der Waals surface area contributed by atoms with E-state index in [1.807, 2.05) is 23.6 Å². The second-order valence-electron chi connectivity index (χ2n) is 9.57. The number of hydrogen-bond acceptors (Lipinski definition) is 7. The number of carbonyl (C=O) groups is 2. The molecule has 4 aromatic rings. The van der Waals surface area contributed by atoms with Crippen molar-refractivity contribution in [3.05, 3.63) is 94.8 Å². The van der Waals surface area contributed by atoms with Crippen molar-refractivity contribution in [2.75, 3.05) is 32.6 Å². The van der Waals surface area contributed by atoms with Crippen LogP contribution < -0.4 is 4.90 Å². The normalized spacial score (nSPS) is 13.9. The maximum atomic E-state index is 14.2. The average molecular weight is 548 g/mol. The number of imidazole rings is 1. The second-order valence-corrected chi connectivity index (χ2v) is 9.57. The summed E-state index contributed by atoms with van der Waals surface area (Å²) >= 11 is 0. The number of methoxy groups -OCH3 is 1. The lowest BCUT2D eigenvalue weighted by Gasteiger charge is -2.19. The number of halogens is 2. The Morgan fingerprint density at radius 2 is 1.75 bits per heavy atom. The van der Waals surface area contributed by atoms with E-state index in [4.69, 9.17) is 9.57 Å². The van der Waals surface area contributed by atoms with Gasteiger partial charge in [0.05, 0.1) is 35.9 Å².